The van der Waals surface area contributed by atoms with Gasteiger partial charge in [0.25, 0.3) is 0 Å². The van der Waals surface area contributed by atoms with Crippen molar-refractivity contribution in [3.63, 3.8) is 0 Å². The lowest BCUT2D eigenvalue weighted by atomic mass is 10.2. The molecule has 0 radical (unpaired) electrons. The molecule has 2 aromatic rings. The molecule has 1 aliphatic heterocycles. The summed E-state index contributed by atoms with van der Waals surface area (Å²) in [7, 11) is 0. The van der Waals surface area contributed by atoms with Crippen LogP contribution in [-0.4, -0.2) is 43.3 Å². The van der Waals surface area contributed by atoms with Crippen molar-refractivity contribution < 1.29 is 18.7 Å². The summed E-state index contributed by atoms with van der Waals surface area (Å²) < 4.78 is 24.1. The molecule has 1 unspecified atom stereocenters. The number of nitrogens with zero attached hydrogens (tertiary/aromatic N) is 1. The molecule has 132 valence electrons. The molecule has 1 aliphatic rings. The number of hydrogen-bond acceptors (Lipinski definition) is 3. The highest BCUT2D eigenvalue weighted by Crippen LogP contribution is 2.13. The zero-order valence-electron chi connectivity index (χ0n) is 13.9. The number of amides is 2. The Labute approximate surface area is 146 Å². The third-order valence-corrected chi connectivity index (χ3v) is 3.96. The van der Waals surface area contributed by atoms with E-state index in [4.69, 9.17) is 9.47 Å². The molecule has 0 aliphatic carbocycles. The summed E-state index contributed by atoms with van der Waals surface area (Å²) >= 11 is 0. The maximum Gasteiger partial charge on any atom is 0.317 e. The van der Waals surface area contributed by atoms with Crippen molar-refractivity contribution in [2.24, 2.45) is 0 Å². The summed E-state index contributed by atoms with van der Waals surface area (Å²) in [6.07, 6.45) is -0.207. The van der Waals surface area contributed by atoms with Crippen molar-refractivity contribution in [1.29, 1.82) is 0 Å². The number of morpholine rings is 1. The summed E-state index contributed by atoms with van der Waals surface area (Å²) in [5.41, 5.74) is 1.06. The Hall–Kier alpha value is -2.60. The molecule has 25 heavy (non-hydrogen) atoms. The number of urea groups is 1. The third-order valence-electron chi connectivity index (χ3n) is 3.96. The molecule has 0 bridgehead atoms. The first kappa shape index (κ1) is 17.2. The van der Waals surface area contributed by atoms with Crippen LogP contribution in [0.2, 0.25) is 0 Å². The van der Waals surface area contributed by atoms with Gasteiger partial charge in [-0.25, -0.2) is 9.18 Å². The van der Waals surface area contributed by atoms with Crippen LogP contribution in [0, 0.1) is 5.82 Å². The first-order valence-electron chi connectivity index (χ1n) is 8.27. The monoisotopic (exact) mass is 344 g/mol. The van der Waals surface area contributed by atoms with Gasteiger partial charge in [0, 0.05) is 13.1 Å². The van der Waals surface area contributed by atoms with Crippen molar-refractivity contribution in [2.45, 2.75) is 12.6 Å². The van der Waals surface area contributed by atoms with E-state index in [-0.39, 0.29) is 18.0 Å². The lowest BCUT2D eigenvalue weighted by molar-refractivity contribution is -0.0352. The second kappa shape index (κ2) is 8.48. The van der Waals surface area contributed by atoms with E-state index < -0.39 is 0 Å². The molecule has 1 N–H and O–H groups in total. The van der Waals surface area contributed by atoms with E-state index >= 15 is 0 Å². The number of ether oxygens (including phenoxy) is 2. The molecule has 0 saturated carbocycles. The topological polar surface area (TPSA) is 50.8 Å². The van der Waals surface area contributed by atoms with Gasteiger partial charge in [0.05, 0.1) is 13.2 Å². The Morgan fingerprint density at radius 1 is 1.20 bits per heavy atom. The zero-order chi connectivity index (χ0) is 17.5. The quantitative estimate of drug-likeness (QED) is 0.907. The lowest BCUT2D eigenvalue weighted by Gasteiger charge is -2.32. The highest BCUT2D eigenvalue weighted by Gasteiger charge is 2.24. The van der Waals surface area contributed by atoms with Gasteiger partial charge < -0.3 is 19.7 Å². The summed E-state index contributed by atoms with van der Waals surface area (Å²) in [6, 6.07) is 15.5. The largest absolute Gasteiger partial charge is 0.491 e. The minimum atomic E-state index is -0.303. The second-order valence-corrected chi connectivity index (χ2v) is 5.85. The predicted molar refractivity (Wildman–Crippen MR) is 91.9 cm³/mol. The number of rotatable bonds is 5. The van der Waals surface area contributed by atoms with Crippen LogP contribution < -0.4 is 10.1 Å². The molecule has 5 nitrogen and oxygen atoms in total. The zero-order valence-corrected chi connectivity index (χ0v) is 13.9. The summed E-state index contributed by atoms with van der Waals surface area (Å²) in [4.78, 5) is 14.0. The fourth-order valence-electron chi connectivity index (χ4n) is 2.61. The molecular formula is C19H21FN2O3. The number of halogens is 1. The first-order valence-corrected chi connectivity index (χ1v) is 8.27. The van der Waals surface area contributed by atoms with Crippen LogP contribution in [0.3, 0.4) is 0 Å². The van der Waals surface area contributed by atoms with Gasteiger partial charge >= 0.3 is 6.03 Å². The highest BCUT2D eigenvalue weighted by molar-refractivity contribution is 5.74. The van der Waals surface area contributed by atoms with Gasteiger partial charge in [0.2, 0.25) is 0 Å². The molecule has 1 fully saturated rings. The lowest BCUT2D eigenvalue weighted by Crippen LogP contribution is -2.50. The molecule has 1 saturated heterocycles. The highest BCUT2D eigenvalue weighted by atomic mass is 19.1. The number of nitrogens with one attached hydrogen (secondary N) is 1. The van der Waals surface area contributed by atoms with Crippen LogP contribution in [0.25, 0.3) is 0 Å². The summed E-state index contributed by atoms with van der Waals surface area (Å²) in [5, 5.41) is 2.92. The van der Waals surface area contributed by atoms with E-state index in [1.54, 1.807) is 17.0 Å². The first-order chi connectivity index (χ1) is 12.2. The Morgan fingerprint density at radius 3 is 2.72 bits per heavy atom. The Balaban J connectivity index is 1.45. The third kappa shape index (κ3) is 5.19. The maximum atomic E-state index is 12.9. The molecule has 1 atom stereocenters. The second-order valence-electron chi connectivity index (χ2n) is 5.85. The normalized spacial score (nSPS) is 17.2. The molecule has 2 aromatic carbocycles. The van der Waals surface area contributed by atoms with Gasteiger partial charge in [-0.05, 0) is 29.8 Å². The van der Waals surface area contributed by atoms with E-state index in [0.717, 1.165) is 5.56 Å². The van der Waals surface area contributed by atoms with Crippen LogP contribution in [-0.2, 0) is 11.3 Å². The van der Waals surface area contributed by atoms with Crippen molar-refractivity contribution in [3.05, 3.63) is 66.0 Å². The Morgan fingerprint density at radius 2 is 1.96 bits per heavy atom. The fraction of sp³-hybridized carbons (Fsp3) is 0.316. The number of carbonyl (C=O) groups excluding carboxylic acids is 1. The fourth-order valence-corrected chi connectivity index (χ4v) is 2.61. The average molecular weight is 344 g/mol. The molecule has 1 heterocycles. The number of benzene rings is 2. The van der Waals surface area contributed by atoms with Crippen molar-refractivity contribution in [3.8, 4) is 5.75 Å². The van der Waals surface area contributed by atoms with Gasteiger partial charge in [-0.15, -0.1) is 0 Å². The van der Waals surface area contributed by atoms with Crippen LogP contribution >= 0.6 is 0 Å². The molecule has 0 spiro atoms. The van der Waals surface area contributed by atoms with Crippen LogP contribution in [0.5, 0.6) is 5.75 Å². The van der Waals surface area contributed by atoms with Crippen molar-refractivity contribution >= 4 is 6.03 Å². The van der Waals surface area contributed by atoms with Crippen molar-refractivity contribution in [1.82, 2.24) is 10.2 Å². The van der Waals surface area contributed by atoms with Gasteiger partial charge in [-0.3, -0.25) is 0 Å². The Kier molecular flexibility index (Phi) is 5.85. The van der Waals surface area contributed by atoms with Gasteiger partial charge in [-0.1, -0.05) is 30.3 Å². The van der Waals surface area contributed by atoms with Crippen molar-refractivity contribution in [2.75, 3.05) is 26.3 Å². The van der Waals surface area contributed by atoms with Crippen LogP contribution in [0.4, 0.5) is 9.18 Å². The number of hydrogen-bond donors (Lipinski definition) is 1. The van der Waals surface area contributed by atoms with E-state index in [0.29, 0.717) is 38.6 Å². The number of carbonyl (C=O) groups is 1. The molecule has 3 rings (SSSR count). The van der Waals surface area contributed by atoms with E-state index in [2.05, 4.69) is 5.32 Å². The summed E-state index contributed by atoms with van der Waals surface area (Å²) in [5.74, 6) is 0.276. The van der Waals surface area contributed by atoms with Crippen LogP contribution in [0.15, 0.2) is 54.6 Å². The Bertz CT molecular complexity index is 679. The minimum absolute atomic E-state index is 0.112. The van der Waals surface area contributed by atoms with Gasteiger partial charge in [-0.2, -0.15) is 0 Å². The summed E-state index contributed by atoms with van der Waals surface area (Å²) in [6.45, 7) is 2.29. The van der Waals surface area contributed by atoms with Crippen LogP contribution in [0.1, 0.15) is 5.56 Å². The predicted octanol–water partition coefficient (Wildman–Crippen LogP) is 2.82. The van der Waals surface area contributed by atoms with E-state index in [1.807, 2.05) is 30.3 Å². The smallest absolute Gasteiger partial charge is 0.317 e. The van der Waals surface area contributed by atoms with E-state index in [1.165, 1.54) is 12.1 Å². The standard InChI is InChI=1S/C19H21FN2O3/c20-16-6-8-17(9-7-16)25-14-18-13-22(10-11-24-18)19(23)21-12-15-4-2-1-3-5-15/h1-9,18H,10-14H2,(H,21,23). The molecule has 0 aromatic heterocycles. The average Bonchev–Trinajstić information content (AvgIpc) is 2.67. The molecule has 6 heteroatoms. The van der Waals surface area contributed by atoms with E-state index in [9.17, 15) is 9.18 Å². The van der Waals surface area contributed by atoms with Gasteiger partial charge in [0.15, 0.2) is 0 Å². The molecule has 2 amide bonds. The SMILES string of the molecule is O=C(NCc1ccccc1)N1CCOC(COc2ccc(F)cc2)C1. The molecular weight excluding hydrogens is 323 g/mol. The minimum Gasteiger partial charge on any atom is -0.491 e. The maximum absolute atomic E-state index is 12.9. The van der Waals surface area contributed by atoms with Gasteiger partial charge in [0.1, 0.15) is 24.3 Å².